The van der Waals surface area contributed by atoms with E-state index in [0.717, 1.165) is 19.4 Å². The number of benzene rings is 1. The molecule has 4 atom stereocenters. The van der Waals surface area contributed by atoms with Gasteiger partial charge in [-0.15, -0.1) is 0 Å². The molecule has 4 bridgehead atoms. The summed E-state index contributed by atoms with van der Waals surface area (Å²) in [6, 6.07) is 12.0. The van der Waals surface area contributed by atoms with Gasteiger partial charge in [0.05, 0.1) is 6.07 Å². The summed E-state index contributed by atoms with van der Waals surface area (Å²) in [5.74, 6) is 0.620. The second kappa shape index (κ2) is 3.68. The molecule has 0 N–H and O–H groups in total. The van der Waals surface area contributed by atoms with Gasteiger partial charge in [0.15, 0.2) is 0 Å². The fourth-order valence-corrected chi connectivity index (χ4v) is 5.49. The molecule has 0 unspecified atom stereocenters. The van der Waals surface area contributed by atoms with Crippen LogP contribution in [-0.4, -0.2) is 22.9 Å². The van der Waals surface area contributed by atoms with Crippen LogP contribution in [0.3, 0.4) is 0 Å². The molecule has 2 saturated carbocycles. The highest BCUT2D eigenvalue weighted by atomic mass is 16.2. The van der Waals surface area contributed by atoms with E-state index >= 15 is 0 Å². The van der Waals surface area contributed by atoms with Crippen molar-refractivity contribution in [2.75, 3.05) is 6.54 Å². The first kappa shape index (κ1) is 12.9. The number of carbonyl (C=O) groups is 1. The van der Waals surface area contributed by atoms with Crippen molar-refractivity contribution in [2.24, 2.45) is 16.7 Å². The maximum Gasteiger partial charge on any atom is 0.255 e. The van der Waals surface area contributed by atoms with Gasteiger partial charge < -0.3 is 4.90 Å². The van der Waals surface area contributed by atoms with Crippen LogP contribution in [0.25, 0.3) is 0 Å². The van der Waals surface area contributed by atoms with E-state index in [-0.39, 0.29) is 16.7 Å². The molecule has 0 spiro atoms. The van der Waals surface area contributed by atoms with Crippen molar-refractivity contribution in [3.8, 4) is 6.07 Å². The Kier molecular flexibility index (Phi) is 2.26. The summed E-state index contributed by atoms with van der Waals surface area (Å²) in [5, 5.41) is 9.97. The van der Waals surface area contributed by atoms with E-state index in [0.29, 0.717) is 11.5 Å². The SMILES string of the molecule is C[C@]12CC[C@@H]3C[C@]1(C#N)N(C(=O)c1ccccc1)C[C@@]32C. The molecule has 108 valence electrons. The van der Waals surface area contributed by atoms with Gasteiger partial charge in [0.25, 0.3) is 5.91 Å². The normalized spacial score (nSPS) is 43.1. The van der Waals surface area contributed by atoms with Crippen LogP contribution in [0.15, 0.2) is 30.3 Å². The van der Waals surface area contributed by atoms with E-state index in [1.807, 2.05) is 35.2 Å². The first-order chi connectivity index (χ1) is 9.98. The van der Waals surface area contributed by atoms with Gasteiger partial charge in [-0.3, -0.25) is 4.79 Å². The molecule has 3 fully saturated rings. The molecule has 1 amide bonds. The molecule has 2 aliphatic carbocycles. The van der Waals surface area contributed by atoms with Gasteiger partial charge in [-0.05, 0) is 42.7 Å². The molecule has 0 aromatic heterocycles. The minimum absolute atomic E-state index is 0.0208. The molecule has 1 saturated heterocycles. The number of carbonyl (C=O) groups excluding carboxylic acids is 1. The van der Waals surface area contributed by atoms with Gasteiger partial charge in [0, 0.05) is 17.5 Å². The number of piperidine rings is 1. The van der Waals surface area contributed by atoms with Crippen molar-refractivity contribution < 1.29 is 4.79 Å². The quantitative estimate of drug-likeness (QED) is 0.792. The Hall–Kier alpha value is -1.82. The number of nitriles is 1. The van der Waals surface area contributed by atoms with E-state index in [2.05, 4.69) is 19.9 Å². The number of nitrogens with zero attached hydrogens (tertiary/aromatic N) is 2. The maximum atomic E-state index is 12.9. The summed E-state index contributed by atoms with van der Waals surface area (Å²) < 4.78 is 0. The Balaban J connectivity index is 1.80. The minimum Gasteiger partial charge on any atom is -0.319 e. The zero-order valence-electron chi connectivity index (χ0n) is 12.6. The van der Waals surface area contributed by atoms with E-state index in [1.165, 1.54) is 6.42 Å². The van der Waals surface area contributed by atoms with Crippen LogP contribution >= 0.6 is 0 Å². The summed E-state index contributed by atoms with van der Waals surface area (Å²) in [7, 11) is 0. The van der Waals surface area contributed by atoms with Crippen LogP contribution in [0.5, 0.6) is 0 Å². The summed E-state index contributed by atoms with van der Waals surface area (Å²) in [5.41, 5.74) is 0.150. The van der Waals surface area contributed by atoms with Gasteiger partial charge in [0.1, 0.15) is 5.54 Å². The molecule has 1 aliphatic heterocycles. The standard InChI is InChI=1S/C18H20N2O/c1-16-12-20(15(21)13-6-4-3-5-7-13)18(11-19)10-14(16)8-9-17(16,18)2/h3-7,14H,8-10,12H2,1-2H3/t14-,16+,17-,18-/m1/s1. The predicted molar refractivity (Wildman–Crippen MR) is 79.4 cm³/mol. The molecule has 3 nitrogen and oxygen atoms in total. The summed E-state index contributed by atoms with van der Waals surface area (Å²) in [6.45, 7) is 5.26. The fraction of sp³-hybridized carbons (Fsp3) is 0.556. The predicted octanol–water partition coefficient (Wildman–Crippen LogP) is 3.23. The van der Waals surface area contributed by atoms with Gasteiger partial charge >= 0.3 is 0 Å². The van der Waals surface area contributed by atoms with Gasteiger partial charge in [-0.25, -0.2) is 0 Å². The van der Waals surface area contributed by atoms with Crippen LogP contribution in [0.4, 0.5) is 0 Å². The summed E-state index contributed by atoms with van der Waals surface area (Å²) in [6.07, 6.45) is 3.14. The van der Waals surface area contributed by atoms with Crippen LogP contribution in [0, 0.1) is 28.1 Å². The average Bonchev–Trinajstić information content (AvgIpc) is 2.96. The Morgan fingerprint density at radius 1 is 1.33 bits per heavy atom. The molecule has 21 heavy (non-hydrogen) atoms. The van der Waals surface area contributed by atoms with Crippen LogP contribution in [0.2, 0.25) is 0 Å². The molecular weight excluding hydrogens is 260 g/mol. The maximum absolute atomic E-state index is 12.9. The zero-order valence-corrected chi connectivity index (χ0v) is 12.6. The molecule has 0 radical (unpaired) electrons. The average molecular weight is 280 g/mol. The molecule has 1 heterocycles. The lowest BCUT2D eigenvalue weighted by molar-refractivity contribution is 0.0430. The Labute approximate surface area is 125 Å². The van der Waals surface area contributed by atoms with Crippen molar-refractivity contribution in [1.29, 1.82) is 5.26 Å². The molecule has 4 rings (SSSR count). The van der Waals surface area contributed by atoms with Crippen molar-refractivity contribution in [3.05, 3.63) is 35.9 Å². The summed E-state index contributed by atoms with van der Waals surface area (Å²) in [4.78, 5) is 14.8. The number of hydrogen-bond donors (Lipinski definition) is 0. The van der Waals surface area contributed by atoms with Gasteiger partial charge in [0.2, 0.25) is 0 Å². The van der Waals surface area contributed by atoms with Crippen LogP contribution < -0.4 is 0 Å². The van der Waals surface area contributed by atoms with Crippen LogP contribution in [0.1, 0.15) is 43.5 Å². The third-order valence-corrected chi connectivity index (χ3v) is 7.01. The Morgan fingerprint density at radius 2 is 2.05 bits per heavy atom. The first-order valence-corrected chi connectivity index (χ1v) is 7.77. The lowest BCUT2D eigenvalue weighted by atomic mass is 9.66. The van der Waals surface area contributed by atoms with Crippen molar-refractivity contribution in [1.82, 2.24) is 4.90 Å². The highest BCUT2D eigenvalue weighted by molar-refractivity contribution is 5.95. The number of rotatable bonds is 1. The monoisotopic (exact) mass is 280 g/mol. The van der Waals surface area contributed by atoms with Gasteiger partial charge in [-0.1, -0.05) is 32.0 Å². The molecule has 1 aromatic rings. The second-order valence-electron chi connectivity index (χ2n) is 7.42. The minimum atomic E-state index is -0.600. The number of likely N-dealkylation sites (tertiary alicyclic amines) is 1. The van der Waals surface area contributed by atoms with E-state index in [9.17, 15) is 10.1 Å². The second-order valence-corrected chi connectivity index (χ2v) is 7.42. The summed E-state index contributed by atoms with van der Waals surface area (Å²) >= 11 is 0. The highest BCUT2D eigenvalue weighted by Crippen LogP contribution is 2.75. The van der Waals surface area contributed by atoms with E-state index in [1.54, 1.807) is 0 Å². The van der Waals surface area contributed by atoms with Crippen molar-refractivity contribution in [2.45, 2.75) is 38.6 Å². The topological polar surface area (TPSA) is 44.1 Å². The Morgan fingerprint density at radius 3 is 2.67 bits per heavy atom. The van der Waals surface area contributed by atoms with E-state index < -0.39 is 5.54 Å². The van der Waals surface area contributed by atoms with E-state index in [4.69, 9.17) is 0 Å². The molecule has 3 heteroatoms. The fourth-order valence-electron chi connectivity index (χ4n) is 5.49. The lowest BCUT2D eigenvalue weighted by Crippen LogP contribution is -2.54. The molecule has 3 aliphatic rings. The van der Waals surface area contributed by atoms with Crippen molar-refractivity contribution >= 4 is 5.91 Å². The third kappa shape index (κ3) is 1.19. The largest absolute Gasteiger partial charge is 0.319 e. The third-order valence-electron chi connectivity index (χ3n) is 7.01. The smallest absolute Gasteiger partial charge is 0.255 e. The van der Waals surface area contributed by atoms with Gasteiger partial charge in [-0.2, -0.15) is 5.26 Å². The number of amides is 1. The number of hydrogen-bond acceptors (Lipinski definition) is 2. The lowest BCUT2D eigenvalue weighted by Gasteiger charge is -2.43. The zero-order chi connectivity index (χ0) is 14.9. The first-order valence-electron chi connectivity index (χ1n) is 7.77. The Bertz CT molecular complexity index is 664. The highest BCUT2D eigenvalue weighted by Gasteiger charge is 2.78. The molecule has 1 aromatic carbocycles. The molecular formula is C18H20N2O. The van der Waals surface area contributed by atoms with Crippen LogP contribution in [-0.2, 0) is 0 Å². The van der Waals surface area contributed by atoms with Crippen molar-refractivity contribution in [3.63, 3.8) is 0 Å².